The van der Waals surface area contributed by atoms with E-state index in [1.54, 1.807) is 0 Å². The Morgan fingerprint density at radius 1 is 1.29 bits per heavy atom. The van der Waals surface area contributed by atoms with E-state index in [1.165, 1.54) is 0 Å². The Kier molecular flexibility index (Phi) is 4.01. The lowest BCUT2D eigenvalue weighted by Crippen LogP contribution is -2.51. The molecule has 0 aliphatic carbocycles. The van der Waals surface area contributed by atoms with Crippen molar-refractivity contribution in [2.24, 2.45) is 5.41 Å². The predicted octanol–water partition coefficient (Wildman–Crippen LogP) is -0.186. The maximum atomic E-state index is 12.0. The second kappa shape index (κ2) is 5.33. The van der Waals surface area contributed by atoms with E-state index in [2.05, 4.69) is 11.8 Å². The van der Waals surface area contributed by atoms with Gasteiger partial charge in [-0.05, 0) is 7.05 Å². The number of hydrogen-bond donors (Lipinski definition) is 0. The van der Waals surface area contributed by atoms with Crippen molar-refractivity contribution in [3.05, 3.63) is 0 Å². The highest BCUT2D eigenvalue weighted by Crippen LogP contribution is 2.26. The third-order valence-electron chi connectivity index (χ3n) is 3.32. The van der Waals surface area contributed by atoms with Crippen LogP contribution in [-0.4, -0.2) is 75.4 Å². The van der Waals surface area contributed by atoms with Crippen molar-refractivity contribution >= 4 is 5.91 Å². The van der Waals surface area contributed by atoms with Gasteiger partial charge in [0.1, 0.15) is 0 Å². The van der Waals surface area contributed by atoms with Crippen LogP contribution in [0.5, 0.6) is 0 Å². The molecule has 2 fully saturated rings. The molecule has 5 nitrogen and oxygen atoms in total. The van der Waals surface area contributed by atoms with Crippen molar-refractivity contribution in [3.8, 4) is 0 Å². The van der Waals surface area contributed by atoms with Crippen LogP contribution in [0.25, 0.3) is 0 Å². The van der Waals surface area contributed by atoms with E-state index < -0.39 is 0 Å². The lowest BCUT2D eigenvalue weighted by molar-refractivity contribution is -0.139. The Labute approximate surface area is 103 Å². The molecule has 0 saturated carbocycles. The number of rotatable bonds is 4. The lowest BCUT2D eigenvalue weighted by atomic mass is 9.88. The van der Waals surface area contributed by atoms with Gasteiger partial charge in [0.2, 0.25) is 5.91 Å². The summed E-state index contributed by atoms with van der Waals surface area (Å²) in [6, 6.07) is 0. The summed E-state index contributed by atoms with van der Waals surface area (Å²) in [7, 11) is 2.00. The zero-order valence-corrected chi connectivity index (χ0v) is 10.8. The van der Waals surface area contributed by atoms with Crippen LogP contribution in [0, 0.1) is 5.41 Å². The maximum absolute atomic E-state index is 12.0. The van der Waals surface area contributed by atoms with Crippen molar-refractivity contribution in [1.29, 1.82) is 0 Å². The molecule has 5 heteroatoms. The number of ether oxygens (including phenoxy) is 2. The predicted molar refractivity (Wildman–Crippen MR) is 63.8 cm³/mol. The molecule has 2 saturated heterocycles. The summed E-state index contributed by atoms with van der Waals surface area (Å²) < 4.78 is 10.5. The minimum Gasteiger partial charge on any atom is -0.380 e. The van der Waals surface area contributed by atoms with Gasteiger partial charge in [-0.15, -0.1) is 0 Å². The SMILES string of the molecule is CN(CC(=O)N1CCOCC1)CC1(C)COC1. The van der Waals surface area contributed by atoms with E-state index in [9.17, 15) is 4.79 Å². The first-order chi connectivity index (χ1) is 8.09. The van der Waals surface area contributed by atoms with E-state index in [4.69, 9.17) is 9.47 Å². The summed E-state index contributed by atoms with van der Waals surface area (Å²) in [5.41, 5.74) is 0.236. The molecule has 0 radical (unpaired) electrons. The Morgan fingerprint density at radius 2 is 1.94 bits per heavy atom. The highest BCUT2D eigenvalue weighted by atomic mass is 16.5. The van der Waals surface area contributed by atoms with Crippen LogP contribution in [0.4, 0.5) is 0 Å². The highest BCUT2D eigenvalue weighted by molar-refractivity contribution is 5.78. The van der Waals surface area contributed by atoms with E-state index >= 15 is 0 Å². The van der Waals surface area contributed by atoms with Gasteiger partial charge in [-0.3, -0.25) is 9.69 Å². The molecule has 0 aromatic heterocycles. The largest absolute Gasteiger partial charge is 0.380 e. The third-order valence-corrected chi connectivity index (χ3v) is 3.32. The molecule has 2 rings (SSSR count). The molecule has 0 atom stereocenters. The molecular weight excluding hydrogens is 220 g/mol. The average Bonchev–Trinajstić information content (AvgIpc) is 2.28. The molecule has 2 heterocycles. The molecule has 0 N–H and O–H groups in total. The fourth-order valence-corrected chi connectivity index (χ4v) is 2.39. The number of morpholine rings is 1. The van der Waals surface area contributed by atoms with Crippen LogP contribution < -0.4 is 0 Å². The molecule has 0 unspecified atom stereocenters. The van der Waals surface area contributed by atoms with Gasteiger partial charge < -0.3 is 14.4 Å². The molecular formula is C12H22N2O3. The number of carbonyl (C=O) groups is 1. The van der Waals surface area contributed by atoms with Gasteiger partial charge in [-0.2, -0.15) is 0 Å². The molecule has 0 bridgehead atoms. The Morgan fingerprint density at radius 3 is 2.47 bits per heavy atom. The third kappa shape index (κ3) is 3.40. The van der Waals surface area contributed by atoms with E-state index in [1.807, 2.05) is 11.9 Å². The Hall–Kier alpha value is -0.650. The highest BCUT2D eigenvalue weighted by Gasteiger charge is 2.34. The molecule has 98 valence electrons. The Bertz CT molecular complexity index is 273. The minimum atomic E-state index is 0.208. The summed E-state index contributed by atoms with van der Waals surface area (Å²) in [6.45, 7) is 8.03. The van der Waals surface area contributed by atoms with Gasteiger partial charge in [-0.25, -0.2) is 0 Å². The Balaban J connectivity index is 1.73. The van der Waals surface area contributed by atoms with E-state index in [-0.39, 0.29) is 11.3 Å². The molecule has 1 amide bonds. The quantitative estimate of drug-likeness (QED) is 0.685. The first kappa shape index (κ1) is 12.8. The van der Waals surface area contributed by atoms with Crippen LogP contribution in [0.3, 0.4) is 0 Å². The molecule has 17 heavy (non-hydrogen) atoms. The number of amides is 1. The topological polar surface area (TPSA) is 42.0 Å². The van der Waals surface area contributed by atoms with Crippen LogP contribution >= 0.6 is 0 Å². The van der Waals surface area contributed by atoms with E-state index in [0.29, 0.717) is 19.8 Å². The second-order valence-electron chi connectivity index (χ2n) is 5.47. The zero-order chi connectivity index (χ0) is 12.3. The van der Waals surface area contributed by atoms with Crippen molar-refractivity contribution < 1.29 is 14.3 Å². The number of likely N-dealkylation sites (N-methyl/N-ethyl adjacent to an activating group) is 1. The van der Waals surface area contributed by atoms with Crippen molar-refractivity contribution in [3.63, 3.8) is 0 Å². The molecule has 2 aliphatic rings. The smallest absolute Gasteiger partial charge is 0.236 e. The summed E-state index contributed by atoms with van der Waals surface area (Å²) in [5.74, 6) is 0.208. The van der Waals surface area contributed by atoms with Gasteiger partial charge in [0.25, 0.3) is 0 Å². The van der Waals surface area contributed by atoms with Crippen molar-refractivity contribution in [1.82, 2.24) is 9.80 Å². The average molecular weight is 242 g/mol. The monoisotopic (exact) mass is 242 g/mol. The standard InChI is InChI=1S/C12H22N2O3/c1-12(9-17-10-12)8-13(2)7-11(15)14-3-5-16-6-4-14/h3-10H2,1-2H3. The van der Waals surface area contributed by atoms with Gasteiger partial charge in [-0.1, -0.05) is 6.92 Å². The molecule has 2 aliphatic heterocycles. The number of hydrogen-bond acceptors (Lipinski definition) is 4. The summed E-state index contributed by atoms with van der Waals surface area (Å²) >= 11 is 0. The molecule has 0 aromatic carbocycles. The van der Waals surface area contributed by atoms with Gasteiger partial charge in [0.05, 0.1) is 33.0 Å². The first-order valence-corrected chi connectivity index (χ1v) is 6.21. The summed E-state index contributed by atoms with van der Waals surface area (Å²) in [5, 5.41) is 0. The second-order valence-corrected chi connectivity index (χ2v) is 5.47. The van der Waals surface area contributed by atoms with Crippen LogP contribution in [-0.2, 0) is 14.3 Å². The fraction of sp³-hybridized carbons (Fsp3) is 0.917. The number of carbonyl (C=O) groups excluding carboxylic acids is 1. The fourth-order valence-electron chi connectivity index (χ4n) is 2.39. The summed E-state index contributed by atoms with van der Waals surface area (Å²) in [6.07, 6.45) is 0. The van der Waals surface area contributed by atoms with E-state index in [0.717, 1.165) is 32.8 Å². The number of nitrogens with zero attached hydrogens (tertiary/aromatic N) is 2. The van der Waals surface area contributed by atoms with Crippen LogP contribution in [0.1, 0.15) is 6.92 Å². The van der Waals surface area contributed by atoms with Gasteiger partial charge in [0, 0.05) is 25.0 Å². The van der Waals surface area contributed by atoms with Crippen LogP contribution in [0.2, 0.25) is 0 Å². The lowest BCUT2D eigenvalue weighted by Gasteiger charge is -2.41. The molecule has 0 aromatic rings. The molecule has 0 spiro atoms. The van der Waals surface area contributed by atoms with Crippen LogP contribution in [0.15, 0.2) is 0 Å². The van der Waals surface area contributed by atoms with Gasteiger partial charge in [0.15, 0.2) is 0 Å². The normalized spacial score (nSPS) is 23.6. The van der Waals surface area contributed by atoms with Crippen molar-refractivity contribution in [2.75, 3.05) is 59.7 Å². The van der Waals surface area contributed by atoms with Crippen molar-refractivity contribution in [2.45, 2.75) is 6.92 Å². The van der Waals surface area contributed by atoms with Gasteiger partial charge >= 0.3 is 0 Å². The minimum absolute atomic E-state index is 0.208. The first-order valence-electron chi connectivity index (χ1n) is 6.21. The maximum Gasteiger partial charge on any atom is 0.236 e. The summed E-state index contributed by atoms with van der Waals surface area (Å²) in [4.78, 5) is 16.0. The zero-order valence-electron chi connectivity index (χ0n) is 10.8.